The molecule has 2 aromatic heterocycles. The van der Waals surface area contributed by atoms with E-state index in [0.29, 0.717) is 6.54 Å². The molecule has 3 rings (SSSR count). The van der Waals surface area contributed by atoms with Crippen LogP contribution in [0.25, 0.3) is 16.9 Å². The highest BCUT2D eigenvalue weighted by Gasteiger charge is 2.04. The average Bonchev–Trinajstić information content (AvgIpc) is 2.83. The summed E-state index contributed by atoms with van der Waals surface area (Å²) in [7, 11) is 0. The van der Waals surface area contributed by atoms with Crippen molar-refractivity contribution < 1.29 is 0 Å². The van der Waals surface area contributed by atoms with Gasteiger partial charge in [-0.3, -0.25) is 0 Å². The lowest BCUT2D eigenvalue weighted by Gasteiger charge is -2.00. The third-order valence-corrected chi connectivity index (χ3v) is 3.30. The monoisotopic (exact) mass is 251 g/mol. The molecule has 3 aromatic rings. The molecule has 19 heavy (non-hydrogen) atoms. The number of nitrogens with zero attached hydrogens (tertiary/aromatic N) is 2. The first kappa shape index (κ1) is 11.9. The summed E-state index contributed by atoms with van der Waals surface area (Å²) in [5, 5.41) is 0. The molecule has 3 heteroatoms. The number of imidazole rings is 1. The maximum atomic E-state index is 5.56. The Morgan fingerprint density at radius 2 is 1.95 bits per heavy atom. The van der Waals surface area contributed by atoms with E-state index in [1.807, 2.05) is 6.20 Å². The second-order valence-electron chi connectivity index (χ2n) is 4.83. The molecule has 0 amide bonds. The Morgan fingerprint density at radius 1 is 1.16 bits per heavy atom. The SMILES string of the molecule is Cc1ccn2cc(-c3ccc(CCN)cc3)nc2c1. The summed E-state index contributed by atoms with van der Waals surface area (Å²) in [4.78, 5) is 4.66. The molecule has 0 bridgehead atoms. The Hall–Kier alpha value is -2.13. The minimum Gasteiger partial charge on any atom is -0.330 e. The summed E-state index contributed by atoms with van der Waals surface area (Å²) in [5.41, 5.74) is 11.2. The molecule has 3 nitrogen and oxygen atoms in total. The zero-order chi connectivity index (χ0) is 13.2. The van der Waals surface area contributed by atoms with E-state index in [-0.39, 0.29) is 0 Å². The van der Waals surface area contributed by atoms with Gasteiger partial charge >= 0.3 is 0 Å². The molecule has 0 saturated carbocycles. The molecule has 0 spiro atoms. The fourth-order valence-corrected chi connectivity index (χ4v) is 2.23. The van der Waals surface area contributed by atoms with Crippen molar-refractivity contribution in [1.29, 1.82) is 0 Å². The summed E-state index contributed by atoms with van der Waals surface area (Å²) in [6.07, 6.45) is 5.03. The molecule has 2 heterocycles. The van der Waals surface area contributed by atoms with E-state index >= 15 is 0 Å². The van der Waals surface area contributed by atoms with Gasteiger partial charge in [-0.25, -0.2) is 4.98 Å². The van der Waals surface area contributed by atoms with Gasteiger partial charge in [0, 0.05) is 18.0 Å². The van der Waals surface area contributed by atoms with Crippen LogP contribution < -0.4 is 5.73 Å². The van der Waals surface area contributed by atoms with Crippen LogP contribution in [0.2, 0.25) is 0 Å². The molecule has 0 radical (unpaired) electrons. The second-order valence-corrected chi connectivity index (χ2v) is 4.83. The Kier molecular flexibility index (Phi) is 3.05. The molecular weight excluding hydrogens is 234 g/mol. The van der Waals surface area contributed by atoms with Crippen LogP contribution in [0.3, 0.4) is 0 Å². The van der Waals surface area contributed by atoms with E-state index in [0.717, 1.165) is 23.3 Å². The molecule has 2 N–H and O–H groups in total. The average molecular weight is 251 g/mol. The Bertz CT molecular complexity index is 696. The van der Waals surface area contributed by atoms with E-state index in [1.54, 1.807) is 0 Å². The zero-order valence-electron chi connectivity index (χ0n) is 11.0. The van der Waals surface area contributed by atoms with Crippen LogP contribution in [-0.4, -0.2) is 15.9 Å². The van der Waals surface area contributed by atoms with Crippen molar-refractivity contribution in [3.63, 3.8) is 0 Å². The number of hydrogen-bond acceptors (Lipinski definition) is 2. The van der Waals surface area contributed by atoms with E-state index in [4.69, 9.17) is 5.73 Å². The molecule has 0 aliphatic rings. The van der Waals surface area contributed by atoms with Gasteiger partial charge in [-0.05, 0) is 43.1 Å². The maximum Gasteiger partial charge on any atom is 0.137 e. The van der Waals surface area contributed by atoms with Crippen molar-refractivity contribution in [3.8, 4) is 11.3 Å². The van der Waals surface area contributed by atoms with Crippen LogP contribution >= 0.6 is 0 Å². The fourth-order valence-electron chi connectivity index (χ4n) is 2.23. The highest BCUT2D eigenvalue weighted by atomic mass is 15.0. The first-order valence-electron chi connectivity index (χ1n) is 6.51. The lowest BCUT2D eigenvalue weighted by Crippen LogP contribution is -2.02. The highest BCUT2D eigenvalue weighted by molar-refractivity contribution is 5.63. The number of fused-ring (bicyclic) bond motifs is 1. The van der Waals surface area contributed by atoms with Gasteiger partial charge in [0.25, 0.3) is 0 Å². The number of aromatic nitrogens is 2. The number of aryl methyl sites for hydroxylation is 1. The summed E-state index contributed by atoms with van der Waals surface area (Å²) in [6, 6.07) is 12.6. The standard InChI is InChI=1S/C16H17N3/c1-12-7-9-19-11-15(18-16(19)10-12)14-4-2-13(3-5-14)6-8-17/h2-5,7,9-11H,6,8,17H2,1H3. The van der Waals surface area contributed by atoms with E-state index in [1.165, 1.54) is 11.1 Å². The van der Waals surface area contributed by atoms with Gasteiger partial charge in [0.1, 0.15) is 5.65 Å². The first-order chi connectivity index (χ1) is 9.26. The molecule has 96 valence electrons. The van der Waals surface area contributed by atoms with Crippen molar-refractivity contribution in [2.24, 2.45) is 5.73 Å². The lowest BCUT2D eigenvalue weighted by molar-refractivity contribution is 0.969. The normalized spacial score (nSPS) is 11.1. The highest BCUT2D eigenvalue weighted by Crippen LogP contribution is 2.20. The maximum absolute atomic E-state index is 5.56. The molecule has 0 aliphatic carbocycles. The first-order valence-corrected chi connectivity index (χ1v) is 6.51. The Labute approximate surface area is 112 Å². The summed E-state index contributed by atoms with van der Waals surface area (Å²) < 4.78 is 2.05. The van der Waals surface area contributed by atoms with Crippen LogP contribution in [0.4, 0.5) is 0 Å². The lowest BCUT2D eigenvalue weighted by atomic mass is 10.1. The summed E-state index contributed by atoms with van der Waals surface area (Å²) in [6.45, 7) is 2.77. The minimum atomic E-state index is 0.687. The topological polar surface area (TPSA) is 43.3 Å². The largest absolute Gasteiger partial charge is 0.330 e. The van der Waals surface area contributed by atoms with Crippen LogP contribution in [-0.2, 0) is 6.42 Å². The van der Waals surface area contributed by atoms with Crippen LogP contribution in [0.15, 0.2) is 48.8 Å². The van der Waals surface area contributed by atoms with Gasteiger partial charge in [0.15, 0.2) is 0 Å². The van der Waals surface area contributed by atoms with Crippen LogP contribution in [0.1, 0.15) is 11.1 Å². The summed E-state index contributed by atoms with van der Waals surface area (Å²) in [5.74, 6) is 0. The number of nitrogens with two attached hydrogens (primary N) is 1. The number of rotatable bonds is 3. The van der Waals surface area contributed by atoms with Crippen molar-refractivity contribution >= 4 is 5.65 Å². The van der Waals surface area contributed by atoms with Crippen LogP contribution in [0.5, 0.6) is 0 Å². The molecular formula is C16H17N3. The van der Waals surface area contributed by atoms with Gasteiger partial charge in [0.2, 0.25) is 0 Å². The number of pyridine rings is 1. The molecule has 0 aliphatic heterocycles. The molecule has 1 aromatic carbocycles. The summed E-state index contributed by atoms with van der Waals surface area (Å²) >= 11 is 0. The number of benzene rings is 1. The van der Waals surface area contributed by atoms with Crippen molar-refractivity contribution in [1.82, 2.24) is 9.38 Å². The Balaban J connectivity index is 1.99. The zero-order valence-corrected chi connectivity index (χ0v) is 11.0. The van der Waals surface area contributed by atoms with E-state index in [2.05, 4.69) is 58.9 Å². The fraction of sp³-hybridized carbons (Fsp3) is 0.188. The number of hydrogen-bond donors (Lipinski definition) is 1. The van der Waals surface area contributed by atoms with Gasteiger partial charge in [-0.15, -0.1) is 0 Å². The third-order valence-electron chi connectivity index (χ3n) is 3.30. The van der Waals surface area contributed by atoms with Gasteiger partial charge in [-0.1, -0.05) is 24.3 Å². The molecule has 0 atom stereocenters. The van der Waals surface area contributed by atoms with Crippen LogP contribution in [0, 0.1) is 6.92 Å². The minimum absolute atomic E-state index is 0.687. The molecule has 0 fully saturated rings. The van der Waals surface area contributed by atoms with Gasteiger partial charge < -0.3 is 10.1 Å². The molecule has 0 unspecified atom stereocenters. The van der Waals surface area contributed by atoms with Crippen molar-refractivity contribution in [2.75, 3.05) is 6.54 Å². The van der Waals surface area contributed by atoms with Gasteiger partial charge in [0.05, 0.1) is 5.69 Å². The van der Waals surface area contributed by atoms with Crippen molar-refractivity contribution in [3.05, 3.63) is 59.9 Å². The quantitative estimate of drug-likeness (QED) is 0.778. The third kappa shape index (κ3) is 2.37. The van der Waals surface area contributed by atoms with E-state index in [9.17, 15) is 0 Å². The smallest absolute Gasteiger partial charge is 0.137 e. The van der Waals surface area contributed by atoms with E-state index < -0.39 is 0 Å². The Morgan fingerprint density at radius 3 is 2.68 bits per heavy atom. The predicted octanol–water partition coefficient (Wildman–Crippen LogP) is 2.81. The predicted molar refractivity (Wildman–Crippen MR) is 78.1 cm³/mol. The van der Waals surface area contributed by atoms with Gasteiger partial charge in [-0.2, -0.15) is 0 Å². The van der Waals surface area contributed by atoms with Crippen molar-refractivity contribution in [2.45, 2.75) is 13.3 Å². The molecule has 0 saturated heterocycles. The second kappa shape index (κ2) is 4.86.